The van der Waals surface area contributed by atoms with Crippen LogP contribution in [0.4, 0.5) is 0 Å². The fourth-order valence-corrected chi connectivity index (χ4v) is 3.75. The predicted octanol–water partition coefficient (Wildman–Crippen LogP) is 3.95. The van der Waals surface area contributed by atoms with Crippen molar-refractivity contribution >= 4 is 0 Å². The van der Waals surface area contributed by atoms with E-state index in [1.165, 1.54) is 37.8 Å². The van der Waals surface area contributed by atoms with E-state index in [2.05, 4.69) is 42.9 Å². The molecule has 1 aliphatic carbocycles. The minimum Gasteiger partial charge on any atom is -0.493 e. The zero-order chi connectivity index (χ0) is 15.4. The van der Waals surface area contributed by atoms with Gasteiger partial charge in [0.15, 0.2) is 5.75 Å². The van der Waals surface area contributed by atoms with Crippen molar-refractivity contribution in [3.8, 4) is 5.75 Å². The second-order valence-electron chi connectivity index (χ2n) is 6.59. The molecule has 0 aliphatic heterocycles. The molecular weight excluding hydrogens is 262 g/mol. The third-order valence-corrected chi connectivity index (χ3v) is 5.05. The van der Waals surface area contributed by atoms with Crippen LogP contribution in [0.2, 0.25) is 0 Å². The highest BCUT2D eigenvalue weighted by atomic mass is 16.5. The van der Waals surface area contributed by atoms with Crippen molar-refractivity contribution in [1.82, 2.24) is 15.1 Å². The summed E-state index contributed by atoms with van der Waals surface area (Å²) in [5, 5.41) is 8.07. The summed E-state index contributed by atoms with van der Waals surface area (Å²) in [6.07, 6.45) is 8.50. The van der Waals surface area contributed by atoms with Crippen molar-refractivity contribution < 1.29 is 4.74 Å². The molecule has 120 valence electrons. The summed E-state index contributed by atoms with van der Waals surface area (Å²) in [6, 6.07) is 0.689. The lowest BCUT2D eigenvalue weighted by Crippen LogP contribution is -2.31. The Hall–Kier alpha value is -1.03. The van der Waals surface area contributed by atoms with Crippen LogP contribution in [0.25, 0.3) is 0 Å². The molecule has 1 N–H and O–H groups in total. The molecule has 1 atom stereocenters. The van der Waals surface area contributed by atoms with Crippen molar-refractivity contribution in [1.29, 1.82) is 0 Å². The summed E-state index contributed by atoms with van der Waals surface area (Å²) in [5.74, 6) is 2.53. The number of rotatable bonds is 6. The Bertz CT molecular complexity index is 433. The maximum Gasteiger partial charge on any atom is 0.161 e. The third kappa shape index (κ3) is 3.42. The summed E-state index contributed by atoms with van der Waals surface area (Å²) in [5.41, 5.74) is 1.22. The molecule has 0 bridgehead atoms. The van der Waals surface area contributed by atoms with Crippen molar-refractivity contribution in [2.45, 2.75) is 65.0 Å². The van der Waals surface area contributed by atoms with Crippen LogP contribution in [0.5, 0.6) is 5.75 Å². The van der Waals surface area contributed by atoms with E-state index in [9.17, 15) is 0 Å². The summed E-state index contributed by atoms with van der Waals surface area (Å²) >= 11 is 0. The zero-order valence-electron chi connectivity index (χ0n) is 14.2. The first-order valence-electron chi connectivity index (χ1n) is 8.40. The van der Waals surface area contributed by atoms with Gasteiger partial charge in [0.1, 0.15) is 0 Å². The lowest BCUT2D eigenvalue weighted by molar-refractivity contribution is 0.213. The van der Waals surface area contributed by atoms with Gasteiger partial charge in [0.05, 0.1) is 25.0 Å². The molecule has 1 aromatic rings. The summed E-state index contributed by atoms with van der Waals surface area (Å²) in [6.45, 7) is 6.67. The van der Waals surface area contributed by atoms with Gasteiger partial charge in [-0.05, 0) is 45.6 Å². The molecular formula is C17H31N3O. The number of hydrogen-bond donors (Lipinski definition) is 1. The van der Waals surface area contributed by atoms with Gasteiger partial charge in [-0.2, -0.15) is 5.10 Å². The zero-order valence-corrected chi connectivity index (χ0v) is 14.2. The predicted molar refractivity (Wildman–Crippen MR) is 86.7 cm³/mol. The first kappa shape index (κ1) is 16.3. The average Bonchev–Trinajstić information content (AvgIpc) is 2.93. The molecule has 4 nitrogen and oxygen atoms in total. The van der Waals surface area contributed by atoms with Crippen molar-refractivity contribution in [3.05, 3.63) is 11.9 Å². The second-order valence-corrected chi connectivity index (χ2v) is 6.59. The minimum atomic E-state index is 0.336. The number of nitrogens with one attached hydrogen (secondary N) is 1. The molecule has 1 unspecified atom stereocenters. The van der Waals surface area contributed by atoms with E-state index in [4.69, 9.17) is 4.74 Å². The Kier molecular flexibility index (Phi) is 5.68. The summed E-state index contributed by atoms with van der Waals surface area (Å²) < 4.78 is 7.69. The maximum absolute atomic E-state index is 5.57. The van der Waals surface area contributed by atoms with Gasteiger partial charge < -0.3 is 10.1 Å². The van der Waals surface area contributed by atoms with E-state index in [0.717, 1.165) is 11.7 Å². The highest BCUT2D eigenvalue weighted by Gasteiger charge is 2.31. The number of ether oxygens (including phenoxy) is 1. The second kappa shape index (κ2) is 7.30. The number of hydrogen-bond acceptors (Lipinski definition) is 3. The topological polar surface area (TPSA) is 39.1 Å². The maximum atomic E-state index is 5.57. The third-order valence-electron chi connectivity index (χ3n) is 5.05. The molecule has 2 rings (SSSR count). The van der Waals surface area contributed by atoms with Crippen LogP contribution in [-0.4, -0.2) is 23.9 Å². The Morgan fingerprint density at radius 1 is 1.33 bits per heavy atom. The standard InChI is InChI=1S/C17H31N3O/c1-6-13-7-9-14(10-8-13)16(18-4)17-15(21-5)11-19-20(17)12(2)3/h11-14,16,18H,6-10H2,1-5H3. The molecule has 0 saturated heterocycles. The van der Waals surface area contributed by atoms with Gasteiger partial charge in [0, 0.05) is 6.04 Å². The summed E-state index contributed by atoms with van der Waals surface area (Å²) in [4.78, 5) is 0. The van der Waals surface area contributed by atoms with Crippen LogP contribution in [-0.2, 0) is 0 Å². The van der Waals surface area contributed by atoms with Crippen LogP contribution >= 0.6 is 0 Å². The Morgan fingerprint density at radius 3 is 2.48 bits per heavy atom. The van der Waals surface area contributed by atoms with Gasteiger partial charge in [-0.25, -0.2) is 0 Å². The fourth-order valence-electron chi connectivity index (χ4n) is 3.75. The van der Waals surface area contributed by atoms with Gasteiger partial charge in [-0.1, -0.05) is 26.2 Å². The van der Waals surface area contributed by atoms with E-state index < -0.39 is 0 Å². The molecule has 1 heterocycles. The Labute approximate surface area is 129 Å². The van der Waals surface area contributed by atoms with E-state index >= 15 is 0 Å². The van der Waals surface area contributed by atoms with Crippen LogP contribution < -0.4 is 10.1 Å². The van der Waals surface area contributed by atoms with Gasteiger partial charge in [0.25, 0.3) is 0 Å². The number of nitrogens with zero attached hydrogens (tertiary/aromatic N) is 2. The molecule has 1 fully saturated rings. The fraction of sp³-hybridized carbons (Fsp3) is 0.824. The van der Waals surface area contributed by atoms with Crippen molar-refractivity contribution in [2.75, 3.05) is 14.2 Å². The van der Waals surface area contributed by atoms with E-state index in [1.807, 2.05) is 6.20 Å². The Morgan fingerprint density at radius 2 is 2.00 bits per heavy atom. The van der Waals surface area contributed by atoms with Gasteiger partial charge in [-0.15, -0.1) is 0 Å². The highest BCUT2D eigenvalue weighted by Crippen LogP contribution is 2.40. The van der Waals surface area contributed by atoms with E-state index in [1.54, 1.807) is 7.11 Å². The number of aromatic nitrogens is 2. The molecule has 1 aromatic heterocycles. The quantitative estimate of drug-likeness (QED) is 0.863. The van der Waals surface area contributed by atoms with E-state index in [0.29, 0.717) is 18.0 Å². The van der Waals surface area contributed by atoms with Crippen LogP contribution in [0, 0.1) is 11.8 Å². The van der Waals surface area contributed by atoms with Crippen molar-refractivity contribution in [3.63, 3.8) is 0 Å². The van der Waals surface area contributed by atoms with E-state index in [-0.39, 0.29) is 0 Å². The minimum absolute atomic E-state index is 0.336. The molecule has 21 heavy (non-hydrogen) atoms. The Balaban J connectivity index is 2.23. The SMILES string of the molecule is CCC1CCC(C(NC)c2c(OC)cnn2C(C)C)CC1. The lowest BCUT2D eigenvalue weighted by Gasteiger charge is -2.34. The monoisotopic (exact) mass is 293 g/mol. The van der Waals surface area contributed by atoms with Gasteiger partial charge >= 0.3 is 0 Å². The first-order chi connectivity index (χ1) is 10.1. The van der Waals surface area contributed by atoms with Gasteiger partial charge in [-0.3, -0.25) is 4.68 Å². The molecule has 0 aromatic carbocycles. The molecule has 0 spiro atoms. The first-order valence-corrected chi connectivity index (χ1v) is 8.40. The van der Waals surface area contributed by atoms with Gasteiger partial charge in [0.2, 0.25) is 0 Å². The molecule has 1 saturated carbocycles. The smallest absolute Gasteiger partial charge is 0.161 e. The summed E-state index contributed by atoms with van der Waals surface area (Å²) in [7, 11) is 3.81. The average molecular weight is 293 g/mol. The normalized spacial score (nSPS) is 24.3. The lowest BCUT2D eigenvalue weighted by atomic mass is 9.76. The highest BCUT2D eigenvalue weighted by molar-refractivity contribution is 5.29. The van der Waals surface area contributed by atoms with Crippen LogP contribution in [0.1, 0.15) is 70.7 Å². The molecule has 0 amide bonds. The number of methoxy groups -OCH3 is 1. The molecule has 0 radical (unpaired) electrons. The molecule has 4 heteroatoms. The van der Waals surface area contributed by atoms with Crippen LogP contribution in [0.3, 0.4) is 0 Å². The largest absolute Gasteiger partial charge is 0.493 e. The molecule has 1 aliphatic rings. The van der Waals surface area contributed by atoms with Crippen LogP contribution in [0.15, 0.2) is 6.20 Å². The van der Waals surface area contributed by atoms with Crippen molar-refractivity contribution in [2.24, 2.45) is 11.8 Å².